The molecule has 2 aliphatic rings. The second-order valence-corrected chi connectivity index (χ2v) is 8.48. The molecule has 2 unspecified atom stereocenters. The predicted molar refractivity (Wildman–Crippen MR) is 128 cm³/mol. The highest BCUT2D eigenvalue weighted by Crippen LogP contribution is 2.27. The van der Waals surface area contributed by atoms with Gasteiger partial charge in [0.05, 0.1) is 7.11 Å². The summed E-state index contributed by atoms with van der Waals surface area (Å²) < 4.78 is 19.9. The maximum absolute atomic E-state index is 14.0. The number of hydrogen-bond donors (Lipinski definition) is 0. The topological polar surface area (TPSA) is 9.23 Å². The molecule has 0 saturated carbocycles. The molecule has 0 bridgehead atoms. The molecule has 3 rings (SSSR count). The number of hydrogen-bond acceptors (Lipinski definition) is 1. The van der Waals surface area contributed by atoms with Crippen LogP contribution in [0.5, 0.6) is 5.75 Å². The van der Waals surface area contributed by atoms with Crippen LogP contribution in [-0.4, -0.2) is 13.3 Å². The highest BCUT2D eigenvalue weighted by atomic mass is 19.1. The van der Waals surface area contributed by atoms with Crippen LogP contribution >= 0.6 is 0 Å². The van der Waals surface area contributed by atoms with E-state index >= 15 is 0 Å². The van der Waals surface area contributed by atoms with E-state index in [1.807, 2.05) is 12.2 Å². The molecule has 160 valence electrons. The number of unbranched alkanes of at least 4 members (excludes halogenated alkanes) is 1. The number of benzene rings is 1. The molecule has 0 aliphatic heterocycles. The molecule has 0 spiro atoms. The summed E-state index contributed by atoms with van der Waals surface area (Å²) in [6.45, 7) is 6.72. The number of allylic oxidation sites excluding steroid dienone is 8. The van der Waals surface area contributed by atoms with E-state index in [-0.39, 0.29) is 0 Å². The zero-order valence-electron chi connectivity index (χ0n) is 18.9. The highest BCUT2D eigenvalue weighted by Gasteiger charge is 2.15. The maximum Gasteiger partial charge on any atom is 0.126 e. The van der Waals surface area contributed by atoms with Crippen molar-refractivity contribution in [2.45, 2.75) is 65.5 Å². The fourth-order valence-electron chi connectivity index (χ4n) is 4.29. The molecule has 0 amide bonds. The average molecular weight is 407 g/mol. The Kier molecular flexibility index (Phi) is 7.90. The third-order valence-corrected chi connectivity index (χ3v) is 6.18. The van der Waals surface area contributed by atoms with Crippen molar-refractivity contribution in [3.63, 3.8) is 0 Å². The van der Waals surface area contributed by atoms with E-state index in [9.17, 15) is 4.39 Å². The van der Waals surface area contributed by atoms with Gasteiger partial charge in [-0.2, -0.15) is 0 Å². The van der Waals surface area contributed by atoms with E-state index in [1.165, 1.54) is 34.4 Å². The minimum atomic E-state index is -0.915. The van der Waals surface area contributed by atoms with Crippen molar-refractivity contribution in [3.05, 3.63) is 70.2 Å². The Morgan fingerprint density at radius 1 is 1.27 bits per heavy atom. The molecule has 0 heterocycles. The minimum absolute atomic E-state index is 0.347. The summed E-state index contributed by atoms with van der Waals surface area (Å²) in [5.41, 5.74) is 4.93. The molecular weight excluding hydrogens is 371 g/mol. The van der Waals surface area contributed by atoms with Crippen LogP contribution < -0.4 is 15.2 Å². The van der Waals surface area contributed by atoms with E-state index in [2.05, 4.69) is 57.2 Å². The molecule has 0 radical (unpaired) electrons. The first kappa shape index (κ1) is 22.3. The first-order chi connectivity index (χ1) is 14.5. The SMILES string of the molecule is CCCCC(C)=c1cc(C2=CC=CC(F)C2)cc(OC)c1=CC(C)C1=CC=CCC1. The van der Waals surface area contributed by atoms with Gasteiger partial charge >= 0.3 is 0 Å². The Morgan fingerprint density at radius 2 is 2.10 bits per heavy atom. The van der Waals surface area contributed by atoms with E-state index in [0.29, 0.717) is 12.3 Å². The lowest BCUT2D eigenvalue weighted by molar-refractivity contribution is 0.404. The Hall–Kier alpha value is -2.35. The summed E-state index contributed by atoms with van der Waals surface area (Å²) >= 11 is 0. The molecular formula is C28H35FO. The number of ether oxygens (including phenoxy) is 1. The Bertz CT molecular complexity index is 990. The largest absolute Gasteiger partial charge is 0.496 e. The van der Waals surface area contributed by atoms with Crippen LogP contribution in [0, 0.1) is 5.92 Å². The molecule has 2 heteroatoms. The first-order valence-corrected chi connectivity index (χ1v) is 11.3. The van der Waals surface area contributed by atoms with Gasteiger partial charge in [-0.3, -0.25) is 0 Å². The maximum atomic E-state index is 14.0. The summed E-state index contributed by atoms with van der Waals surface area (Å²) in [4.78, 5) is 0. The molecule has 1 aromatic carbocycles. The zero-order valence-corrected chi connectivity index (χ0v) is 18.9. The molecule has 2 atom stereocenters. The van der Waals surface area contributed by atoms with Gasteiger partial charge in [0.15, 0.2) is 0 Å². The Balaban J connectivity index is 2.18. The van der Waals surface area contributed by atoms with Crippen molar-refractivity contribution in [2.24, 2.45) is 5.92 Å². The third kappa shape index (κ3) is 5.41. The third-order valence-electron chi connectivity index (χ3n) is 6.18. The van der Waals surface area contributed by atoms with Crippen LogP contribution in [0.15, 0.2) is 54.2 Å². The molecule has 30 heavy (non-hydrogen) atoms. The van der Waals surface area contributed by atoms with Gasteiger partial charge in [0.2, 0.25) is 0 Å². The minimum Gasteiger partial charge on any atom is -0.496 e. The summed E-state index contributed by atoms with van der Waals surface area (Å²) in [7, 11) is 1.74. The fraction of sp³-hybridized carbons (Fsp3) is 0.429. The second kappa shape index (κ2) is 10.6. The number of halogens is 1. The van der Waals surface area contributed by atoms with Gasteiger partial charge in [-0.1, -0.05) is 73.9 Å². The smallest absolute Gasteiger partial charge is 0.126 e. The number of alkyl halides is 1. The standard InChI is InChI=1S/C28H35FO/c1-5-6-11-20(2)26-18-24(23-14-10-15-25(29)17-23)19-28(30-4)27(26)16-21(3)22-12-8-7-9-13-22/h7-8,10,12,14-16,18-19,21,25H,5-6,9,11,13,17H2,1-4H3. The zero-order chi connectivity index (χ0) is 21.5. The van der Waals surface area contributed by atoms with Crippen molar-refractivity contribution in [1.82, 2.24) is 0 Å². The van der Waals surface area contributed by atoms with Crippen LogP contribution in [0.2, 0.25) is 0 Å². The summed E-state index contributed by atoms with van der Waals surface area (Å²) in [6.07, 6.45) is 19.6. The lowest BCUT2D eigenvalue weighted by atomic mass is 9.90. The quantitative estimate of drug-likeness (QED) is 0.507. The Morgan fingerprint density at radius 3 is 2.77 bits per heavy atom. The predicted octanol–water partition coefficient (Wildman–Crippen LogP) is 6.43. The van der Waals surface area contributed by atoms with Gasteiger partial charge in [0.1, 0.15) is 11.9 Å². The Labute approximate surface area is 181 Å². The molecule has 0 saturated heterocycles. The molecule has 1 aromatic rings. The van der Waals surface area contributed by atoms with Gasteiger partial charge in [-0.25, -0.2) is 4.39 Å². The van der Waals surface area contributed by atoms with E-state index < -0.39 is 6.17 Å². The van der Waals surface area contributed by atoms with Crippen molar-refractivity contribution < 1.29 is 9.13 Å². The van der Waals surface area contributed by atoms with Gasteiger partial charge in [-0.05, 0) is 67.0 Å². The molecule has 0 aromatic heterocycles. The average Bonchev–Trinajstić information content (AvgIpc) is 2.78. The van der Waals surface area contributed by atoms with Crippen molar-refractivity contribution in [1.29, 1.82) is 0 Å². The summed E-state index contributed by atoms with van der Waals surface area (Å²) in [5.74, 6) is 1.22. The van der Waals surface area contributed by atoms with Crippen molar-refractivity contribution in [2.75, 3.05) is 7.11 Å². The monoisotopic (exact) mass is 406 g/mol. The molecule has 0 N–H and O–H groups in total. The summed E-state index contributed by atoms with van der Waals surface area (Å²) in [6, 6.07) is 4.33. The number of rotatable bonds is 7. The van der Waals surface area contributed by atoms with Gasteiger partial charge < -0.3 is 4.74 Å². The van der Waals surface area contributed by atoms with Crippen molar-refractivity contribution in [3.8, 4) is 5.75 Å². The van der Waals surface area contributed by atoms with E-state index in [0.717, 1.165) is 36.1 Å². The molecule has 0 fully saturated rings. The number of methoxy groups -OCH3 is 1. The van der Waals surface area contributed by atoms with Crippen LogP contribution in [0.25, 0.3) is 17.2 Å². The fourth-order valence-corrected chi connectivity index (χ4v) is 4.29. The van der Waals surface area contributed by atoms with E-state index in [4.69, 9.17) is 4.74 Å². The molecule has 1 nitrogen and oxygen atoms in total. The normalized spacial score (nSPS) is 21.2. The van der Waals surface area contributed by atoms with Crippen LogP contribution in [-0.2, 0) is 0 Å². The lowest BCUT2D eigenvalue weighted by Gasteiger charge is -2.17. The molecule has 2 aliphatic carbocycles. The van der Waals surface area contributed by atoms with Gasteiger partial charge in [-0.15, -0.1) is 0 Å². The van der Waals surface area contributed by atoms with Crippen LogP contribution in [0.3, 0.4) is 0 Å². The lowest BCUT2D eigenvalue weighted by Crippen LogP contribution is -2.30. The van der Waals surface area contributed by atoms with Crippen LogP contribution in [0.1, 0.15) is 64.9 Å². The summed E-state index contributed by atoms with van der Waals surface area (Å²) in [5, 5.41) is 2.41. The van der Waals surface area contributed by atoms with Crippen LogP contribution in [0.4, 0.5) is 4.39 Å². The first-order valence-electron chi connectivity index (χ1n) is 11.3. The second-order valence-electron chi connectivity index (χ2n) is 8.48. The highest BCUT2D eigenvalue weighted by molar-refractivity contribution is 5.71. The van der Waals surface area contributed by atoms with Gasteiger partial charge in [0.25, 0.3) is 0 Å². The van der Waals surface area contributed by atoms with Gasteiger partial charge in [0, 0.05) is 11.6 Å². The van der Waals surface area contributed by atoms with Crippen molar-refractivity contribution >= 4 is 17.2 Å². The van der Waals surface area contributed by atoms with E-state index in [1.54, 1.807) is 13.2 Å².